The predicted octanol–water partition coefficient (Wildman–Crippen LogP) is 2.99. The Labute approximate surface area is 152 Å². The van der Waals surface area contributed by atoms with E-state index in [1.54, 1.807) is 30.3 Å². The number of nitrogens with zero attached hydrogens (tertiary/aromatic N) is 1. The Morgan fingerprint density at radius 1 is 1.19 bits per heavy atom. The van der Waals surface area contributed by atoms with Gasteiger partial charge in [-0.05, 0) is 44.2 Å². The predicted molar refractivity (Wildman–Crippen MR) is 96.8 cm³/mol. The molecule has 0 radical (unpaired) electrons. The van der Waals surface area contributed by atoms with Crippen molar-refractivity contribution >= 4 is 17.6 Å². The van der Waals surface area contributed by atoms with Crippen LogP contribution in [0, 0.1) is 18.3 Å². The highest BCUT2D eigenvalue weighted by atomic mass is 16.5. The molecule has 6 heteroatoms. The first kappa shape index (κ1) is 19.0. The van der Waals surface area contributed by atoms with Crippen molar-refractivity contribution in [1.82, 2.24) is 0 Å². The lowest BCUT2D eigenvalue weighted by molar-refractivity contribution is -0.152. The van der Waals surface area contributed by atoms with Gasteiger partial charge in [0.25, 0.3) is 5.91 Å². The summed E-state index contributed by atoms with van der Waals surface area (Å²) in [7, 11) is 1.53. The van der Waals surface area contributed by atoms with E-state index in [2.05, 4.69) is 5.32 Å². The molecule has 0 saturated heterocycles. The lowest BCUT2D eigenvalue weighted by Crippen LogP contribution is -2.30. The molecule has 0 saturated carbocycles. The number of aryl methyl sites for hydroxylation is 1. The summed E-state index contributed by atoms with van der Waals surface area (Å²) in [5.41, 5.74) is 2.73. The third-order valence-electron chi connectivity index (χ3n) is 3.73. The molecule has 26 heavy (non-hydrogen) atoms. The number of hydrogen-bond donors (Lipinski definition) is 1. The maximum Gasteiger partial charge on any atom is 0.311 e. The molecule has 0 fully saturated rings. The molecule has 1 atom stereocenters. The van der Waals surface area contributed by atoms with Crippen molar-refractivity contribution < 1.29 is 19.1 Å². The molecule has 0 spiro atoms. The van der Waals surface area contributed by atoms with Crippen LogP contribution in [0.3, 0.4) is 0 Å². The lowest BCUT2D eigenvalue weighted by atomic mass is 10.1. The van der Waals surface area contributed by atoms with E-state index in [1.807, 2.05) is 25.1 Å². The van der Waals surface area contributed by atoms with Crippen LogP contribution in [0.4, 0.5) is 5.69 Å². The van der Waals surface area contributed by atoms with Crippen molar-refractivity contribution in [2.45, 2.75) is 26.4 Å². The fraction of sp³-hybridized carbons (Fsp3) is 0.250. The Hall–Kier alpha value is -3.33. The van der Waals surface area contributed by atoms with Crippen molar-refractivity contribution in [2.75, 3.05) is 12.4 Å². The molecular formula is C20H20N2O4. The second-order valence-electron chi connectivity index (χ2n) is 5.80. The van der Waals surface area contributed by atoms with Crippen LogP contribution in [0.25, 0.3) is 0 Å². The van der Waals surface area contributed by atoms with Gasteiger partial charge in [-0.25, -0.2) is 0 Å². The van der Waals surface area contributed by atoms with Crippen LogP contribution >= 0.6 is 0 Å². The van der Waals surface area contributed by atoms with Gasteiger partial charge < -0.3 is 14.8 Å². The van der Waals surface area contributed by atoms with Crippen molar-refractivity contribution in [3.8, 4) is 11.8 Å². The fourth-order valence-electron chi connectivity index (χ4n) is 2.37. The van der Waals surface area contributed by atoms with E-state index >= 15 is 0 Å². The molecule has 0 heterocycles. The SMILES string of the molecule is COc1ccc(C)cc1CC(=O)O[C@@H](C)C(=O)Nc1ccc(C#N)cc1. The summed E-state index contributed by atoms with van der Waals surface area (Å²) in [6, 6.07) is 13.9. The largest absolute Gasteiger partial charge is 0.496 e. The molecule has 2 aromatic rings. The fourth-order valence-corrected chi connectivity index (χ4v) is 2.37. The van der Waals surface area contributed by atoms with Crippen LogP contribution < -0.4 is 10.1 Å². The van der Waals surface area contributed by atoms with Gasteiger partial charge in [-0.2, -0.15) is 5.26 Å². The monoisotopic (exact) mass is 352 g/mol. The smallest absolute Gasteiger partial charge is 0.311 e. The topological polar surface area (TPSA) is 88.4 Å². The molecule has 1 amide bonds. The van der Waals surface area contributed by atoms with Gasteiger partial charge >= 0.3 is 5.97 Å². The Kier molecular flexibility index (Phi) is 6.34. The van der Waals surface area contributed by atoms with Crippen LogP contribution in [0.5, 0.6) is 5.75 Å². The maximum absolute atomic E-state index is 12.2. The van der Waals surface area contributed by atoms with Crippen molar-refractivity contribution in [3.63, 3.8) is 0 Å². The minimum atomic E-state index is -0.950. The number of benzene rings is 2. The van der Waals surface area contributed by atoms with E-state index in [0.717, 1.165) is 5.56 Å². The number of carbonyl (C=O) groups excluding carboxylic acids is 2. The number of methoxy groups -OCH3 is 1. The normalized spacial score (nSPS) is 11.2. The summed E-state index contributed by atoms with van der Waals surface area (Å²) in [5.74, 6) is -0.363. The molecule has 1 N–H and O–H groups in total. The average Bonchev–Trinajstić information content (AvgIpc) is 2.62. The average molecular weight is 352 g/mol. The third-order valence-corrected chi connectivity index (χ3v) is 3.73. The minimum absolute atomic E-state index is 0.0132. The highest BCUT2D eigenvalue weighted by Gasteiger charge is 2.19. The van der Waals surface area contributed by atoms with Crippen LogP contribution in [0.15, 0.2) is 42.5 Å². The summed E-state index contributed by atoms with van der Waals surface area (Å²) in [4.78, 5) is 24.3. The van der Waals surface area contributed by atoms with Gasteiger partial charge in [0.05, 0.1) is 25.2 Å². The first-order chi connectivity index (χ1) is 12.4. The van der Waals surface area contributed by atoms with Crippen molar-refractivity contribution in [1.29, 1.82) is 5.26 Å². The first-order valence-corrected chi connectivity index (χ1v) is 8.07. The van der Waals surface area contributed by atoms with Crippen LogP contribution in [-0.4, -0.2) is 25.1 Å². The number of rotatable bonds is 6. The molecule has 0 aliphatic rings. The molecule has 0 bridgehead atoms. The molecule has 134 valence electrons. The van der Waals surface area contributed by atoms with E-state index in [-0.39, 0.29) is 6.42 Å². The minimum Gasteiger partial charge on any atom is -0.496 e. The Bertz CT molecular complexity index is 838. The molecule has 0 aromatic heterocycles. The van der Waals surface area contributed by atoms with E-state index in [9.17, 15) is 9.59 Å². The van der Waals surface area contributed by atoms with Gasteiger partial charge in [0.15, 0.2) is 6.10 Å². The van der Waals surface area contributed by atoms with E-state index in [4.69, 9.17) is 14.7 Å². The van der Waals surface area contributed by atoms with Crippen LogP contribution in [0.1, 0.15) is 23.6 Å². The molecule has 6 nitrogen and oxygen atoms in total. The zero-order valence-electron chi connectivity index (χ0n) is 14.9. The quantitative estimate of drug-likeness (QED) is 0.808. The molecule has 0 aliphatic carbocycles. The summed E-state index contributed by atoms with van der Waals surface area (Å²) in [5, 5.41) is 11.4. The van der Waals surface area contributed by atoms with E-state index in [1.165, 1.54) is 14.0 Å². The summed E-state index contributed by atoms with van der Waals surface area (Å²) in [6.45, 7) is 3.42. The highest BCUT2D eigenvalue weighted by molar-refractivity contribution is 5.95. The van der Waals surface area contributed by atoms with Crippen LogP contribution in [-0.2, 0) is 20.7 Å². The van der Waals surface area contributed by atoms with E-state index in [0.29, 0.717) is 22.6 Å². The molecule has 2 aromatic carbocycles. The maximum atomic E-state index is 12.2. The number of nitrogens with one attached hydrogen (secondary N) is 1. The number of anilines is 1. The zero-order valence-corrected chi connectivity index (χ0v) is 14.9. The van der Waals surface area contributed by atoms with Crippen LogP contribution in [0.2, 0.25) is 0 Å². The lowest BCUT2D eigenvalue weighted by Gasteiger charge is -2.14. The summed E-state index contributed by atoms with van der Waals surface area (Å²) < 4.78 is 10.5. The van der Waals surface area contributed by atoms with Gasteiger partial charge in [-0.1, -0.05) is 17.7 Å². The Morgan fingerprint density at radius 3 is 2.50 bits per heavy atom. The van der Waals surface area contributed by atoms with Gasteiger partial charge in [0, 0.05) is 11.3 Å². The molecule has 2 rings (SSSR count). The van der Waals surface area contributed by atoms with Gasteiger partial charge in [-0.15, -0.1) is 0 Å². The number of hydrogen-bond acceptors (Lipinski definition) is 5. The molecule has 0 unspecified atom stereocenters. The number of nitriles is 1. The number of esters is 1. The Balaban J connectivity index is 1.94. The molecule has 0 aliphatic heterocycles. The zero-order chi connectivity index (χ0) is 19.1. The standard InChI is InChI=1S/C20H20N2O4/c1-13-4-9-18(25-3)16(10-13)11-19(23)26-14(2)20(24)22-17-7-5-15(12-21)6-8-17/h4-10,14H,11H2,1-3H3,(H,22,24)/t14-/m0/s1. The van der Waals surface area contributed by atoms with Gasteiger partial charge in [0.2, 0.25) is 0 Å². The van der Waals surface area contributed by atoms with Crippen molar-refractivity contribution in [2.24, 2.45) is 0 Å². The summed E-state index contributed by atoms with van der Waals surface area (Å²) >= 11 is 0. The highest BCUT2D eigenvalue weighted by Crippen LogP contribution is 2.20. The first-order valence-electron chi connectivity index (χ1n) is 8.07. The second kappa shape index (κ2) is 8.67. The third kappa shape index (κ3) is 5.08. The number of carbonyl (C=O) groups is 2. The van der Waals surface area contributed by atoms with Crippen molar-refractivity contribution in [3.05, 3.63) is 59.2 Å². The second-order valence-corrected chi connectivity index (χ2v) is 5.80. The number of ether oxygens (including phenoxy) is 2. The Morgan fingerprint density at radius 2 is 1.88 bits per heavy atom. The van der Waals surface area contributed by atoms with Gasteiger partial charge in [0.1, 0.15) is 5.75 Å². The number of amides is 1. The summed E-state index contributed by atoms with van der Waals surface area (Å²) in [6.07, 6.45) is -0.937. The van der Waals surface area contributed by atoms with E-state index < -0.39 is 18.0 Å². The molecular weight excluding hydrogens is 332 g/mol. The van der Waals surface area contributed by atoms with Gasteiger partial charge in [-0.3, -0.25) is 9.59 Å².